The second-order valence-corrected chi connectivity index (χ2v) is 4.92. The lowest BCUT2D eigenvalue weighted by molar-refractivity contribution is 0.102. The third kappa shape index (κ3) is 3.18. The zero-order chi connectivity index (χ0) is 16.2. The molecule has 4 nitrogen and oxygen atoms in total. The number of hydrogen-bond acceptors (Lipinski definition) is 2. The molecule has 0 fully saturated rings. The van der Waals surface area contributed by atoms with Gasteiger partial charge in [0.15, 0.2) is 0 Å². The summed E-state index contributed by atoms with van der Waals surface area (Å²) in [4.78, 5) is 27.1. The van der Waals surface area contributed by atoms with Crippen LogP contribution in [0.4, 0.5) is 10.1 Å². The Kier molecular flexibility index (Phi) is 4.01. The van der Waals surface area contributed by atoms with Crippen molar-refractivity contribution in [1.82, 2.24) is 4.98 Å². The summed E-state index contributed by atoms with van der Waals surface area (Å²) in [6.45, 7) is 0. The van der Waals surface area contributed by atoms with Crippen molar-refractivity contribution in [3.05, 3.63) is 88.6 Å². The number of H-pyrrole nitrogens is 1. The van der Waals surface area contributed by atoms with Gasteiger partial charge in [0.1, 0.15) is 11.4 Å². The monoisotopic (exact) mass is 308 g/mol. The van der Waals surface area contributed by atoms with Gasteiger partial charge in [-0.25, -0.2) is 4.39 Å². The van der Waals surface area contributed by atoms with E-state index in [1.54, 1.807) is 6.07 Å². The lowest BCUT2D eigenvalue weighted by Gasteiger charge is -2.09. The van der Waals surface area contributed by atoms with Crippen LogP contribution >= 0.6 is 0 Å². The number of pyridine rings is 1. The molecule has 0 radical (unpaired) electrons. The molecule has 0 aliphatic carbocycles. The molecule has 0 bridgehead atoms. The van der Waals surface area contributed by atoms with Gasteiger partial charge in [0.2, 0.25) is 0 Å². The quantitative estimate of drug-likeness (QED) is 0.778. The Bertz CT molecular complexity index is 887. The molecular weight excluding hydrogens is 295 g/mol. The van der Waals surface area contributed by atoms with Gasteiger partial charge in [-0.1, -0.05) is 30.3 Å². The maximum atomic E-state index is 12.9. The maximum Gasteiger partial charge on any atom is 0.261 e. The summed E-state index contributed by atoms with van der Waals surface area (Å²) in [5.74, 6) is -0.942. The van der Waals surface area contributed by atoms with Crippen LogP contribution in [0.25, 0.3) is 11.1 Å². The highest BCUT2D eigenvalue weighted by Crippen LogP contribution is 2.21. The number of halogens is 1. The van der Waals surface area contributed by atoms with Crippen LogP contribution in [-0.4, -0.2) is 10.9 Å². The number of aromatic nitrogens is 1. The first kappa shape index (κ1) is 14.7. The standard InChI is InChI=1S/C18H13FN2O2/c19-13-6-8-14(9-7-13)21-18(23)16-15(10-11-20-17(16)22)12-4-2-1-3-5-12/h1-11H,(H,20,22)(H,21,23). The topological polar surface area (TPSA) is 62.0 Å². The summed E-state index contributed by atoms with van der Waals surface area (Å²) in [5.41, 5.74) is 1.25. The van der Waals surface area contributed by atoms with Gasteiger partial charge in [-0.05, 0) is 35.9 Å². The highest BCUT2D eigenvalue weighted by molar-refractivity contribution is 6.08. The summed E-state index contributed by atoms with van der Waals surface area (Å²) in [7, 11) is 0. The van der Waals surface area contributed by atoms with E-state index in [9.17, 15) is 14.0 Å². The van der Waals surface area contributed by atoms with Gasteiger partial charge < -0.3 is 10.3 Å². The van der Waals surface area contributed by atoms with E-state index in [2.05, 4.69) is 10.3 Å². The molecular formula is C18H13FN2O2. The Balaban J connectivity index is 2.00. The van der Waals surface area contributed by atoms with Crippen molar-refractivity contribution < 1.29 is 9.18 Å². The van der Waals surface area contributed by atoms with E-state index in [1.807, 2.05) is 30.3 Å². The number of aromatic amines is 1. The van der Waals surface area contributed by atoms with E-state index in [0.29, 0.717) is 11.3 Å². The number of carbonyl (C=O) groups excluding carboxylic acids is 1. The molecule has 23 heavy (non-hydrogen) atoms. The zero-order valence-electron chi connectivity index (χ0n) is 12.0. The van der Waals surface area contributed by atoms with Crippen LogP contribution in [0.3, 0.4) is 0 Å². The predicted octanol–water partition coefficient (Wildman–Crippen LogP) is 3.43. The molecule has 2 N–H and O–H groups in total. The fourth-order valence-electron chi connectivity index (χ4n) is 2.29. The zero-order valence-corrected chi connectivity index (χ0v) is 12.0. The van der Waals surface area contributed by atoms with Crippen LogP contribution in [0.1, 0.15) is 10.4 Å². The minimum Gasteiger partial charge on any atom is -0.328 e. The van der Waals surface area contributed by atoms with Crippen molar-refractivity contribution in [1.29, 1.82) is 0 Å². The molecule has 1 aromatic heterocycles. The molecule has 0 unspecified atom stereocenters. The number of benzene rings is 2. The fraction of sp³-hybridized carbons (Fsp3) is 0. The lowest BCUT2D eigenvalue weighted by Crippen LogP contribution is -2.24. The van der Waals surface area contributed by atoms with Gasteiger partial charge in [0, 0.05) is 17.4 Å². The fourth-order valence-corrected chi connectivity index (χ4v) is 2.29. The molecule has 114 valence electrons. The predicted molar refractivity (Wildman–Crippen MR) is 86.9 cm³/mol. The minimum absolute atomic E-state index is 0.0167. The van der Waals surface area contributed by atoms with Crippen molar-refractivity contribution in [2.24, 2.45) is 0 Å². The number of rotatable bonds is 3. The average Bonchev–Trinajstić information content (AvgIpc) is 2.57. The Morgan fingerprint density at radius 1 is 0.957 bits per heavy atom. The molecule has 3 aromatic rings. The summed E-state index contributed by atoms with van der Waals surface area (Å²) >= 11 is 0. The second kappa shape index (κ2) is 6.27. The Hall–Kier alpha value is -3.21. The van der Waals surface area contributed by atoms with Crippen LogP contribution in [-0.2, 0) is 0 Å². The summed E-state index contributed by atoms with van der Waals surface area (Å²) < 4.78 is 12.9. The molecule has 0 atom stereocenters. The van der Waals surface area contributed by atoms with E-state index in [0.717, 1.165) is 5.56 Å². The van der Waals surface area contributed by atoms with Gasteiger partial charge >= 0.3 is 0 Å². The molecule has 0 saturated heterocycles. The van der Waals surface area contributed by atoms with Crippen molar-refractivity contribution in [2.75, 3.05) is 5.32 Å². The second-order valence-electron chi connectivity index (χ2n) is 4.92. The average molecular weight is 308 g/mol. The Morgan fingerprint density at radius 2 is 1.65 bits per heavy atom. The molecule has 1 heterocycles. The van der Waals surface area contributed by atoms with Gasteiger partial charge in [-0.2, -0.15) is 0 Å². The SMILES string of the molecule is O=C(Nc1ccc(F)cc1)c1c(-c2ccccc2)cc[nH]c1=O. The van der Waals surface area contributed by atoms with Gasteiger partial charge in [0.05, 0.1) is 0 Å². The summed E-state index contributed by atoms with van der Waals surface area (Å²) in [6, 6.07) is 16.2. The number of hydrogen-bond donors (Lipinski definition) is 2. The smallest absolute Gasteiger partial charge is 0.261 e. The van der Waals surface area contributed by atoms with Crippen molar-refractivity contribution in [2.45, 2.75) is 0 Å². The largest absolute Gasteiger partial charge is 0.328 e. The van der Waals surface area contributed by atoms with Gasteiger partial charge in [0.25, 0.3) is 11.5 Å². The van der Waals surface area contributed by atoms with Crippen LogP contribution in [0.5, 0.6) is 0 Å². The normalized spacial score (nSPS) is 10.3. The van der Waals surface area contributed by atoms with E-state index < -0.39 is 17.3 Å². The third-order valence-electron chi connectivity index (χ3n) is 3.37. The molecule has 0 aliphatic heterocycles. The first-order chi connectivity index (χ1) is 11.1. The molecule has 1 amide bonds. The van der Waals surface area contributed by atoms with Crippen LogP contribution < -0.4 is 10.9 Å². The van der Waals surface area contributed by atoms with E-state index in [1.165, 1.54) is 30.5 Å². The highest BCUT2D eigenvalue weighted by Gasteiger charge is 2.17. The summed E-state index contributed by atoms with van der Waals surface area (Å²) in [5, 5.41) is 2.61. The number of anilines is 1. The van der Waals surface area contributed by atoms with E-state index in [4.69, 9.17) is 0 Å². The lowest BCUT2D eigenvalue weighted by atomic mass is 10.0. The molecule has 0 spiro atoms. The van der Waals surface area contributed by atoms with E-state index >= 15 is 0 Å². The van der Waals surface area contributed by atoms with Crippen LogP contribution in [0, 0.1) is 5.82 Å². The molecule has 0 aliphatic rings. The molecule has 3 rings (SSSR count). The van der Waals surface area contributed by atoms with Crippen molar-refractivity contribution in [3.63, 3.8) is 0 Å². The van der Waals surface area contributed by atoms with Crippen molar-refractivity contribution in [3.8, 4) is 11.1 Å². The van der Waals surface area contributed by atoms with Crippen LogP contribution in [0.2, 0.25) is 0 Å². The van der Waals surface area contributed by atoms with Crippen LogP contribution in [0.15, 0.2) is 71.7 Å². The van der Waals surface area contributed by atoms with Gasteiger partial charge in [-0.3, -0.25) is 9.59 Å². The molecule has 0 saturated carbocycles. The number of amides is 1. The molecule has 2 aromatic carbocycles. The van der Waals surface area contributed by atoms with E-state index in [-0.39, 0.29) is 5.56 Å². The highest BCUT2D eigenvalue weighted by atomic mass is 19.1. The molecule has 5 heteroatoms. The minimum atomic E-state index is -0.544. The third-order valence-corrected chi connectivity index (χ3v) is 3.37. The first-order valence-electron chi connectivity index (χ1n) is 6.99. The first-order valence-corrected chi connectivity index (χ1v) is 6.99. The van der Waals surface area contributed by atoms with Crippen molar-refractivity contribution >= 4 is 11.6 Å². The Morgan fingerprint density at radius 3 is 2.35 bits per heavy atom. The number of carbonyl (C=O) groups is 1. The Labute approximate surface area is 131 Å². The van der Waals surface area contributed by atoms with Gasteiger partial charge in [-0.15, -0.1) is 0 Å². The summed E-state index contributed by atoms with van der Waals surface area (Å²) in [6.07, 6.45) is 1.50. The number of nitrogens with one attached hydrogen (secondary N) is 2. The maximum absolute atomic E-state index is 12.9.